The van der Waals surface area contributed by atoms with Crippen molar-refractivity contribution in [1.82, 2.24) is 15.0 Å². The molecule has 2 fully saturated rings. The third-order valence-electron chi connectivity index (χ3n) is 5.11. The Morgan fingerprint density at radius 1 is 1.33 bits per heavy atom. The molecular weight excluding hydrogens is 306 g/mol. The van der Waals surface area contributed by atoms with Gasteiger partial charge in [0.1, 0.15) is 23.7 Å². The molecule has 6 nitrogen and oxygen atoms in total. The molecule has 0 unspecified atom stereocenters. The van der Waals surface area contributed by atoms with Crippen LogP contribution in [0.2, 0.25) is 0 Å². The van der Waals surface area contributed by atoms with E-state index in [0.717, 1.165) is 49.7 Å². The van der Waals surface area contributed by atoms with Gasteiger partial charge in [-0.2, -0.15) is 0 Å². The molecule has 3 atom stereocenters. The van der Waals surface area contributed by atoms with Gasteiger partial charge in [0.25, 0.3) is 0 Å². The number of aryl methyl sites for hydroxylation is 2. The van der Waals surface area contributed by atoms with Crippen molar-refractivity contribution in [3.05, 3.63) is 41.5 Å². The van der Waals surface area contributed by atoms with Crippen molar-refractivity contribution in [2.75, 3.05) is 13.2 Å². The van der Waals surface area contributed by atoms with Crippen LogP contribution in [-0.4, -0.2) is 46.4 Å². The molecule has 0 radical (unpaired) electrons. The van der Waals surface area contributed by atoms with Gasteiger partial charge in [-0.25, -0.2) is 0 Å². The van der Waals surface area contributed by atoms with Gasteiger partial charge in [-0.3, -0.25) is 9.88 Å². The van der Waals surface area contributed by atoms with Gasteiger partial charge in [0.2, 0.25) is 0 Å². The normalized spacial score (nSPS) is 27.2. The summed E-state index contributed by atoms with van der Waals surface area (Å²) in [6.45, 7) is 6.52. The van der Waals surface area contributed by atoms with Crippen LogP contribution in [0, 0.1) is 13.8 Å². The van der Waals surface area contributed by atoms with E-state index in [1.807, 2.05) is 26.0 Å². The molecule has 3 heterocycles. The molecule has 2 aromatic heterocycles. The van der Waals surface area contributed by atoms with E-state index in [2.05, 4.69) is 15.0 Å². The zero-order chi connectivity index (χ0) is 16.5. The molecule has 0 aromatic carbocycles. The molecule has 128 valence electrons. The first kappa shape index (κ1) is 15.6. The molecule has 4 rings (SSSR count). The van der Waals surface area contributed by atoms with Gasteiger partial charge in [0.05, 0.1) is 18.5 Å². The number of pyridine rings is 1. The molecule has 0 amide bonds. The third kappa shape index (κ3) is 2.91. The quantitative estimate of drug-likeness (QED) is 0.859. The number of morpholine rings is 1. The average molecular weight is 329 g/mol. The van der Waals surface area contributed by atoms with Crippen molar-refractivity contribution in [1.29, 1.82) is 0 Å². The molecule has 0 bridgehead atoms. The maximum absolute atomic E-state index is 6.13. The number of fused-ring (bicyclic) bond motifs is 1. The summed E-state index contributed by atoms with van der Waals surface area (Å²) in [5.41, 5.74) is 2.18. The predicted molar refractivity (Wildman–Crippen MR) is 87.8 cm³/mol. The van der Waals surface area contributed by atoms with Crippen LogP contribution in [0.4, 0.5) is 0 Å². The molecule has 2 aliphatic rings. The van der Waals surface area contributed by atoms with E-state index in [-0.39, 0.29) is 12.2 Å². The maximum atomic E-state index is 6.13. The van der Waals surface area contributed by atoms with Crippen LogP contribution in [0.5, 0.6) is 5.75 Å². The van der Waals surface area contributed by atoms with Crippen LogP contribution >= 0.6 is 0 Å². The SMILES string of the molecule is Cc1noc(C)c1CN1CCO[C@@H]2[C@@H](Oc3cccnc3)CC[C@H]21. The highest BCUT2D eigenvalue weighted by atomic mass is 16.5. The van der Waals surface area contributed by atoms with Crippen molar-refractivity contribution in [2.45, 2.75) is 51.5 Å². The monoisotopic (exact) mass is 329 g/mol. The van der Waals surface area contributed by atoms with E-state index >= 15 is 0 Å². The average Bonchev–Trinajstić information content (AvgIpc) is 3.15. The Hall–Kier alpha value is -1.92. The largest absolute Gasteiger partial charge is 0.486 e. The molecule has 1 saturated heterocycles. The summed E-state index contributed by atoms with van der Waals surface area (Å²) in [5, 5.41) is 4.07. The van der Waals surface area contributed by atoms with Gasteiger partial charge in [-0.1, -0.05) is 5.16 Å². The summed E-state index contributed by atoms with van der Waals surface area (Å²) in [6, 6.07) is 4.23. The number of hydrogen-bond donors (Lipinski definition) is 0. The number of hydrogen-bond acceptors (Lipinski definition) is 6. The van der Waals surface area contributed by atoms with Gasteiger partial charge in [0, 0.05) is 30.9 Å². The fourth-order valence-electron chi connectivity index (χ4n) is 3.84. The zero-order valence-corrected chi connectivity index (χ0v) is 14.1. The van der Waals surface area contributed by atoms with Gasteiger partial charge in [-0.15, -0.1) is 0 Å². The second-order valence-corrected chi connectivity index (χ2v) is 6.60. The van der Waals surface area contributed by atoms with Crippen LogP contribution < -0.4 is 4.74 Å². The Balaban J connectivity index is 1.46. The van der Waals surface area contributed by atoms with Gasteiger partial charge < -0.3 is 14.0 Å². The summed E-state index contributed by atoms with van der Waals surface area (Å²) >= 11 is 0. The highest BCUT2D eigenvalue weighted by Crippen LogP contribution is 2.34. The van der Waals surface area contributed by atoms with E-state index in [0.29, 0.717) is 6.04 Å². The maximum Gasteiger partial charge on any atom is 0.138 e. The van der Waals surface area contributed by atoms with Crippen molar-refractivity contribution in [3.63, 3.8) is 0 Å². The van der Waals surface area contributed by atoms with Gasteiger partial charge in [-0.05, 0) is 38.8 Å². The van der Waals surface area contributed by atoms with Crippen molar-refractivity contribution in [3.8, 4) is 5.75 Å². The number of aromatic nitrogens is 2. The molecule has 1 aliphatic heterocycles. The lowest BCUT2D eigenvalue weighted by Gasteiger charge is -2.39. The van der Waals surface area contributed by atoms with Crippen LogP contribution in [0.25, 0.3) is 0 Å². The molecule has 1 saturated carbocycles. The second-order valence-electron chi connectivity index (χ2n) is 6.60. The predicted octanol–water partition coefficient (Wildman–Crippen LogP) is 2.50. The molecule has 2 aromatic rings. The van der Waals surface area contributed by atoms with Gasteiger partial charge >= 0.3 is 0 Å². The molecule has 6 heteroatoms. The van der Waals surface area contributed by atoms with E-state index in [1.54, 1.807) is 12.4 Å². The lowest BCUT2D eigenvalue weighted by Crippen LogP contribution is -2.51. The summed E-state index contributed by atoms with van der Waals surface area (Å²) in [7, 11) is 0. The number of nitrogens with zero attached hydrogens (tertiary/aromatic N) is 3. The van der Waals surface area contributed by atoms with E-state index in [9.17, 15) is 0 Å². The van der Waals surface area contributed by atoms with E-state index in [4.69, 9.17) is 14.0 Å². The first-order chi connectivity index (χ1) is 11.7. The zero-order valence-electron chi connectivity index (χ0n) is 14.1. The second kappa shape index (κ2) is 6.53. The van der Waals surface area contributed by atoms with Crippen molar-refractivity contribution < 1.29 is 14.0 Å². The smallest absolute Gasteiger partial charge is 0.138 e. The highest BCUT2D eigenvalue weighted by molar-refractivity contribution is 5.21. The van der Waals surface area contributed by atoms with Crippen LogP contribution in [-0.2, 0) is 11.3 Å². The topological polar surface area (TPSA) is 60.6 Å². The Kier molecular flexibility index (Phi) is 4.24. The summed E-state index contributed by atoms with van der Waals surface area (Å²) in [5.74, 6) is 1.73. The highest BCUT2D eigenvalue weighted by Gasteiger charge is 2.44. The lowest BCUT2D eigenvalue weighted by atomic mass is 10.1. The molecule has 1 aliphatic carbocycles. The summed E-state index contributed by atoms with van der Waals surface area (Å²) in [6.07, 6.45) is 5.80. The third-order valence-corrected chi connectivity index (χ3v) is 5.11. The fourth-order valence-corrected chi connectivity index (χ4v) is 3.84. The van der Waals surface area contributed by atoms with E-state index in [1.165, 1.54) is 5.56 Å². The van der Waals surface area contributed by atoms with Crippen LogP contribution in [0.15, 0.2) is 29.0 Å². The fraction of sp³-hybridized carbons (Fsp3) is 0.556. The molecular formula is C18H23N3O3. The Morgan fingerprint density at radius 2 is 2.25 bits per heavy atom. The Morgan fingerprint density at radius 3 is 3.00 bits per heavy atom. The summed E-state index contributed by atoms with van der Waals surface area (Å²) < 4.78 is 17.5. The van der Waals surface area contributed by atoms with Crippen LogP contribution in [0.1, 0.15) is 29.9 Å². The first-order valence-corrected chi connectivity index (χ1v) is 8.56. The number of ether oxygens (including phenoxy) is 2. The lowest BCUT2D eigenvalue weighted by molar-refractivity contribution is -0.0917. The first-order valence-electron chi connectivity index (χ1n) is 8.56. The van der Waals surface area contributed by atoms with Crippen molar-refractivity contribution in [2.24, 2.45) is 0 Å². The van der Waals surface area contributed by atoms with Crippen LogP contribution in [0.3, 0.4) is 0 Å². The number of rotatable bonds is 4. The Labute approximate surface area is 141 Å². The minimum Gasteiger partial charge on any atom is -0.486 e. The minimum absolute atomic E-state index is 0.0895. The summed E-state index contributed by atoms with van der Waals surface area (Å²) in [4.78, 5) is 6.61. The van der Waals surface area contributed by atoms with Gasteiger partial charge in [0.15, 0.2) is 0 Å². The molecule has 0 N–H and O–H groups in total. The molecule has 24 heavy (non-hydrogen) atoms. The van der Waals surface area contributed by atoms with Crippen molar-refractivity contribution >= 4 is 0 Å². The van der Waals surface area contributed by atoms with E-state index < -0.39 is 0 Å². The minimum atomic E-state index is 0.0895. The Bertz CT molecular complexity index is 669. The standard InChI is InChI=1S/C18H23N3O3/c1-12-15(13(2)24-20-12)11-21-8-9-22-18-16(21)5-6-17(18)23-14-4-3-7-19-10-14/h3-4,7,10,16-18H,5-6,8-9,11H2,1-2H3/t16-,17+,18+/m1/s1. The molecule has 0 spiro atoms.